The third-order valence-corrected chi connectivity index (χ3v) is 10.5. The standard InChI is InChI=1S/C39H43N3O12/c1-4-39(50)27-15-29-31-25(16-42(29)35(47)26(27)19-51-37(39)48)23(24-10-5-6-11-28(24)40-31)12-13-41(20(2)3)38(49)52-18-21-8-7-9-22(14-21)53-36-34(46)33(45)32(44)30(17-43)54-36/h5-11,14-15,20,30,32-34,36,43-46,50H,4,12-13,16-19H2,1-3H3/t30-,32+,33+,34-,36-,39+/m1/s1. The van der Waals surface area contributed by atoms with E-state index < -0.39 is 55.0 Å². The van der Waals surface area contributed by atoms with Crippen LogP contribution in [-0.4, -0.2) is 102 Å². The number of para-hydroxylation sites is 1. The third kappa shape index (κ3) is 6.50. The molecule has 15 heteroatoms. The largest absolute Gasteiger partial charge is 0.462 e. The summed E-state index contributed by atoms with van der Waals surface area (Å²) in [5, 5.41) is 52.2. The minimum absolute atomic E-state index is 0.0352. The molecule has 6 atom stereocenters. The van der Waals surface area contributed by atoms with Gasteiger partial charge in [0.15, 0.2) is 5.60 Å². The van der Waals surface area contributed by atoms with Crippen LogP contribution >= 0.6 is 0 Å². The quantitative estimate of drug-likeness (QED) is 0.130. The summed E-state index contributed by atoms with van der Waals surface area (Å²) in [6.07, 6.45) is -7.30. The van der Waals surface area contributed by atoms with Crippen molar-refractivity contribution < 1.29 is 54.1 Å². The summed E-state index contributed by atoms with van der Waals surface area (Å²) >= 11 is 0. The van der Waals surface area contributed by atoms with Gasteiger partial charge in [-0.15, -0.1) is 0 Å². The van der Waals surface area contributed by atoms with Crippen LogP contribution in [-0.2, 0) is 50.8 Å². The number of pyridine rings is 2. The maximum atomic E-state index is 13.8. The van der Waals surface area contributed by atoms with Crippen molar-refractivity contribution in [2.45, 2.75) is 95.7 Å². The molecule has 3 aliphatic rings. The Bertz CT molecular complexity index is 2150. The average Bonchev–Trinajstić information content (AvgIpc) is 3.54. The fourth-order valence-corrected chi connectivity index (χ4v) is 7.43. The molecule has 2 aromatic heterocycles. The highest BCUT2D eigenvalue weighted by molar-refractivity contribution is 5.89. The van der Waals surface area contributed by atoms with Crippen molar-refractivity contribution in [3.63, 3.8) is 0 Å². The molecule has 3 aliphatic heterocycles. The molecule has 1 amide bonds. The van der Waals surface area contributed by atoms with Gasteiger partial charge in [0.25, 0.3) is 5.56 Å². The monoisotopic (exact) mass is 745 g/mol. The minimum Gasteiger partial charge on any atom is -0.462 e. The summed E-state index contributed by atoms with van der Waals surface area (Å²) < 4.78 is 23.7. The number of aliphatic hydroxyl groups is 5. The number of fused-ring (bicyclic) bond motifs is 5. The summed E-state index contributed by atoms with van der Waals surface area (Å²) in [5.74, 6) is -0.548. The smallest absolute Gasteiger partial charge is 0.410 e. The number of aliphatic hydroxyl groups excluding tert-OH is 4. The highest BCUT2D eigenvalue weighted by atomic mass is 16.7. The lowest BCUT2D eigenvalue weighted by Crippen LogP contribution is -2.60. The fourth-order valence-electron chi connectivity index (χ4n) is 7.43. The Morgan fingerprint density at radius 3 is 2.57 bits per heavy atom. The van der Waals surface area contributed by atoms with Gasteiger partial charge in [-0.1, -0.05) is 37.3 Å². The van der Waals surface area contributed by atoms with Crippen LogP contribution in [0.2, 0.25) is 0 Å². The number of cyclic esters (lactones) is 1. The second-order valence-corrected chi connectivity index (χ2v) is 14.1. The van der Waals surface area contributed by atoms with Crippen molar-refractivity contribution in [1.82, 2.24) is 14.5 Å². The van der Waals surface area contributed by atoms with E-state index in [0.717, 1.165) is 16.5 Å². The molecule has 0 unspecified atom stereocenters. The molecule has 286 valence electrons. The Morgan fingerprint density at radius 1 is 1.06 bits per heavy atom. The molecular formula is C39H43N3O12. The lowest BCUT2D eigenvalue weighted by Gasteiger charge is -2.39. The summed E-state index contributed by atoms with van der Waals surface area (Å²) in [7, 11) is 0. The van der Waals surface area contributed by atoms with Gasteiger partial charge in [0.2, 0.25) is 6.29 Å². The van der Waals surface area contributed by atoms with E-state index >= 15 is 0 Å². The van der Waals surface area contributed by atoms with E-state index in [2.05, 4.69) is 0 Å². The molecule has 5 N–H and O–H groups in total. The van der Waals surface area contributed by atoms with E-state index in [9.17, 15) is 39.9 Å². The number of carbonyl (C=O) groups is 2. The van der Waals surface area contributed by atoms with E-state index in [-0.39, 0.29) is 61.2 Å². The number of rotatable bonds is 10. The number of esters is 1. The van der Waals surface area contributed by atoms with Crippen LogP contribution in [0.25, 0.3) is 22.3 Å². The van der Waals surface area contributed by atoms with Crippen LogP contribution in [0.3, 0.4) is 0 Å². The molecule has 4 aromatic rings. The van der Waals surface area contributed by atoms with Gasteiger partial charge in [0, 0.05) is 29.1 Å². The van der Waals surface area contributed by atoms with Gasteiger partial charge < -0.3 is 53.9 Å². The second kappa shape index (κ2) is 14.7. The first-order valence-corrected chi connectivity index (χ1v) is 17.9. The van der Waals surface area contributed by atoms with Crippen LogP contribution in [0.4, 0.5) is 4.79 Å². The lowest BCUT2D eigenvalue weighted by atomic mass is 9.86. The number of amides is 1. The summed E-state index contributed by atoms with van der Waals surface area (Å²) in [4.78, 5) is 46.6. The van der Waals surface area contributed by atoms with Crippen LogP contribution in [0.15, 0.2) is 59.4 Å². The van der Waals surface area contributed by atoms with E-state index in [1.165, 1.54) is 0 Å². The predicted octanol–water partition coefficient (Wildman–Crippen LogP) is 1.85. The van der Waals surface area contributed by atoms with Crippen LogP contribution in [0.1, 0.15) is 55.0 Å². The number of hydrogen-bond donors (Lipinski definition) is 5. The number of benzene rings is 2. The Kier molecular flexibility index (Phi) is 10.2. The minimum atomic E-state index is -1.94. The topological polar surface area (TPSA) is 210 Å². The van der Waals surface area contributed by atoms with Gasteiger partial charge in [-0.05, 0) is 62.1 Å². The molecule has 5 heterocycles. The molecule has 0 radical (unpaired) electrons. The maximum absolute atomic E-state index is 13.8. The van der Waals surface area contributed by atoms with Crippen molar-refractivity contribution in [3.8, 4) is 17.1 Å². The van der Waals surface area contributed by atoms with Crippen LogP contribution in [0.5, 0.6) is 5.75 Å². The first kappa shape index (κ1) is 37.4. The van der Waals surface area contributed by atoms with Gasteiger partial charge in [0.05, 0.1) is 35.6 Å². The molecule has 1 saturated heterocycles. The highest BCUT2D eigenvalue weighted by Crippen LogP contribution is 2.40. The Balaban J connectivity index is 1.10. The molecule has 7 rings (SSSR count). The van der Waals surface area contributed by atoms with Crippen LogP contribution < -0.4 is 10.3 Å². The fraction of sp³-hybridized carbons (Fsp3) is 0.436. The van der Waals surface area contributed by atoms with Gasteiger partial charge in [-0.2, -0.15) is 0 Å². The number of nitrogens with zero attached hydrogens (tertiary/aromatic N) is 3. The van der Waals surface area contributed by atoms with Gasteiger partial charge in [-0.25, -0.2) is 14.6 Å². The normalized spacial score (nSPS) is 24.5. The predicted molar refractivity (Wildman–Crippen MR) is 191 cm³/mol. The summed E-state index contributed by atoms with van der Waals surface area (Å²) in [6.45, 7) is 4.98. The van der Waals surface area contributed by atoms with E-state index in [4.69, 9.17) is 23.9 Å². The zero-order chi connectivity index (χ0) is 38.5. The zero-order valence-corrected chi connectivity index (χ0v) is 30.0. The number of hydrogen-bond acceptors (Lipinski definition) is 13. The Hall–Kier alpha value is -4.90. The molecular weight excluding hydrogens is 702 g/mol. The molecule has 54 heavy (non-hydrogen) atoms. The van der Waals surface area contributed by atoms with Crippen molar-refractivity contribution >= 4 is 23.0 Å². The van der Waals surface area contributed by atoms with E-state index in [0.29, 0.717) is 28.9 Å². The summed E-state index contributed by atoms with van der Waals surface area (Å²) in [5.41, 5.74) is 2.24. The number of ether oxygens (including phenoxy) is 4. The maximum Gasteiger partial charge on any atom is 0.410 e. The second-order valence-electron chi connectivity index (χ2n) is 14.1. The summed E-state index contributed by atoms with van der Waals surface area (Å²) in [6, 6.07) is 15.6. The SMILES string of the molecule is CC[C@@]1(O)C(=O)OCc2c1cc1n(c2=O)Cc2c-1nc1ccccc1c2CCN(C(=O)OCc1cccc(O[C@@H]2O[C@H](CO)[C@H](O)[C@H](O)[C@H]2O)c1)C(C)C. The molecule has 1 fully saturated rings. The average molecular weight is 746 g/mol. The van der Waals surface area contributed by atoms with Crippen molar-refractivity contribution in [1.29, 1.82) is 0 Å². The molecule has 0 saturated carbocycles. The van der Waals surface area contributed by atoms with Crippen LogP contribution in [0, 0.1) is 0 Å². The molecule has 2 aromatic carbocycles. The number of carbonyl (C=O) groups excluding carboxylic acids is 2. The van der Waals surface area contributed by atoms with Crippen molar-refractivity contribution in [2.24, 2.45) is 0 Å². The highest BCUT2D eigenvalue weighted by Gasteiger charge is 2.46. The molecule has 0 spiro atoms. The van der Waals surface area contributed by atoms with Crippen molar-refractivity contribution in [3.05, 3.63) is 92.8 Å². The first-order chi connectivity index (χ1) is 25.9. The molecule has 0 aliphatic carbocycles. The van der Waals surface area contributed by atoms with Gasteiger partial charge in [0.1, 0.15) is 43.4 Å². The van der Waals surface area contributed by atoms with Gasteiger partial charge in [-0.3, -0.25) is 4.79 Å². The van der Waals surface area contributed by atoms with E-state index in [1.807, 2.05) is 38.1 Å². The number of aromatic nitrogens is 2. The van der Waals surface area contributed by atoms with E-state index in [1.54, 1.807) is 46.7 Å². The third-order valence-electron chi connectivity index (χ3n) is 10.5. The zero-order valence-electron chi connectivity index (χ0n) is 30.0. The Labute approximate surface area is 309 Å². The lowest BCUT2D eigenvalue weighted by molar-refractivity contribution is -0.277. The Morgan fingerprint density at radius 2 is 1.83 bits per heavy atom. The molecule has 15 nitrogen and oxygen atoms in total. The van der Waals surface area contributed by atoms with Crippen molar-refractivity contribution in [2.75, 3.05) is 13.2 Å². The first-order valence-electron chi connectivity index (χ1n) is 17.9. The van der Waals surface area contributed by atoms with Gasteiger partial charge >= 0.3 is 12.1 Å². The molecule has 0 bridgehead atoms.